The van der Waals surface area contributed by atoms with Gasteiger partial charge in [0.15, 0.2) is 12.9 Å². The number of urea groups is 1. The standard InChI is InChI=1S/C16H26FN3O6/c1-16(2,3)26-15(24)18-8-6-4-5-7-12(21)25-10-20-9-11(17)13(22)19-14(20)23/h11H,4-10H2,1-3H3,(H,18,24)(H,19,22,23). The van der Waals surface area contributed by atoms with Crippen LogP contribution in [-0.4, -0.2) is 60.5 Å². The highest BCUT2D eigenvalue weighted by Gasteiger charge is 2.32. The number of alkyl halides is 1. The highest BCUT2D eigenvalue weighted by atomic mass is 19.1. The second-order valence-electron chi connectivity index (χ2n) is 6.87. The Bertz CT molecular complexity index is 535. The smallest absolute Gasteiger partial charge is 0.407 e. The van der Waals surface area contributed by atoms with Crippen LogP contribution in [0.25, 0.3) is 0 Å². The fraction of sp³-hybridized carbons (Fsp3) is 0.750. The monoisotopic (exact) mass is 375 g/mol. The van der Waals surface area contributed by atoms with Crippen molar-refractivity contribution < 1.29 is 33.0 Å². The van der Waals surface area contributed by atoms with Crippen molar-refractivity contribution in [2.24, 2.45) is 0 Å². The van der Waals surface area contributed by atoms with Crippen LogP contribution in [0, 0.1) is 0 Å². The molecule has 0 radical (unpaired) electrons. The second kappa shape index (κ2) is 9.93. The maximum absolute atomic E-state index is 13.2. The zero-order chi connectivity index (χ0) is 19.7. The van der Waals surface area contributed by atoms with Crippen molar-refractivity contribution in [3.8, 4) is 0 Å². The number of esters is 1. The molecule has 0 spiro atoms. The van der Waals surface area contributed by atoms with E-state index in [1.807, 2.05) is 5.32 Å². The summed E-state index contributed by atoms with van der Waals surface area (Å²) in [5, 5.41) is 4.45. The van der Waals surface area contributed by atoms with Gasteiger partial charge in [-0.2, -0.15) is 0 Å². The molecule has 4 amide bonds. The van der Waals surface area contributed by atoms with E-state index in [1.54, 1.807) is 20.8 Å². The Morgan fingerprint density at radius 1 is 1.27 bits per heavy atom. The summed E-state index contributed by atoms with van der Waals surface area (Å²) in [5.41, 5.74) is -0.547. The van der Waals surface area contributed by atoms with Crippen molar-refractivity contribution in [2.45, 2.75) is 58.2 Å². The van der Waals surface area contributed by atoms with E-state index >= 15 is 0 Å². The minimum Gasteiger partial charge on any atom is -0.444 e. The molecule has 0 aromatic heterocycles. The van der Waals surface area contributed by atoms with Crippen molar-refractivity contribution in [3.05, 3.63) is 0 Å². The third kappa shape index (κ3) is 8.63. The largest absolute Gasteiger partial charge is 0.444 e. The van der Waals surface area contributed by atoms with Crippen LogP contribution >= 0.6 is 0 Å². The van der Waals surface area contributed by atoms with Gasteiger partial charge in [0.1, 0.15) is 5.60 Å². The quantitative estimate of drug-likeness (QED) is 0.490. The Morgan fingerprint density at radius 2 is 1.96 bits per heavy atom. The van der Waals surface area contributed by atoms with Gasteiger partial charge in [0, 0.05) is 13.0 Å². The number of hydrogen-bond acceptors (Lipinski definition) is 6. The van der Waals surface area contributed by atoms with Gasteiger partial charge >= 0.3 is 18.1 Å². The first-order valence-corrected chi connectivity index (χ1v) is 8.45. The predicted octanol–water partition coefficient (Wildman–Crippen LogP) is 1.46. The number of halogens is 1. The molecular formula is C16H26FN3O6. The Kier molecular flexibility index (Phi) is 8.27. The minimum absolute atomic E-state index is 0.139. The molecule has 1 atom stereocenters. The molecule has 148 valence electrons. The fourth-order valence-electron chi connectivity index (χ4n) is 2.03. The molecule has 9 nitrogen and oxygen atoms in total. The normalized spacial score (nSPS) is 17.5. The van der Waals surface area contributed by atoms with Crippen LogP contribution < -0.4 is 10.6 Å². The SMILES string of the molecule is CC(C)(C)OC(=O)NCCCCCC(=O)OCN1CC(F)C(=O)NC1=O. The number of nitrogens with one attached hydrogen (secondary N) is 2. The summed E-state index contributed by atoms with van der Waals surface area (Å²) in [6, 6.07) is -0.787. The molecule has 1 saturated heterocycles. The molecule has 1 fully saturated rings. The second-order valence-corrected chi connectivity index (χ2v) is 6.87. The predicted molar refractivity (Wildman–Crippen MR) is 88.8 cm³/mol. The molecule has 1 heterocycles. The summed E-state index contributed by atoms with van der Waals surface area (Å²) >= 11 is 0. The molecule has 1 aliphatic heterocycles. The van der Waals surface area contributed by atoms with Gasteiger partial charge in [-0.05, 0) is 33.6 Å². The molecular weight excluding hydrogens is 349 g/mol. The molecule has 0 saturated carbocycles. The van der Waals surface area contributed by atoms with E-state index in [0.717, 1.165) is 4.90 Å². The summed E-state index contributed by atoms with van der Waals surface area (Å²) in [6.45, 7) is 4.92. The van der Waals surface area contributed by atoms with E-state index in [0.29, 0.717) is 25.8 Å². The summed E-state index contributed by atoms with van der Waals surface area (Å²) < 4.78 is 23.2. The van der Waals surface area contributed by atoms with Crippen molar-refractivity contribution in [2.75, 3.05) is 19.8 Å². The molecule has 1 rings (SSSR count). The maximum atomic E-state index is 13.2. The zero-order valence-electron chi connectivity index (χ0n) is 15.3. The lowest BCUT2D eigenvalue weighted by atomic mass is 10.2. The van der Waals surface area contributed by atoms with E-state index in [-0.39, 0.29) is 6.42 Å². The number of unbranched alkanes of at least 4 members (excludes halogenated alkanes) is 2. The number of carbonyl (C=O) groups is 4. The van der Waals surface area contributed by atoms with E-state index in [1.165, 1.54) is 0 Å². The van der Waals surface area contributed by atoms with Crippen LogP contribution in [0.15, 0.2) is 0 Å². The molecule has 0 bridgehead atoms. The van der Waals surface area contributed by atoms with Gasteiger partial charge in [0.2, 0.25) is 0 Å². The lowest BCUT2D eigenvalue weighted by Gasteiger charge is -2.27. The van der Waals surface area contributed by atoms with E-state index in [2.05, 4.69) is 5.32 Å². The first-order chi connectivity index (χ1) is 12.1. The van der Waals surface area contributed by atoms with Gasteiger partial charge in [-0.1, -0.05) is 6.42 Å². The molecule has 1 unspecified atom stereocenters. The number of imide groups is 1. The van der Waals surface area contributed by atoms with Gasteiger partial charge < -0.3 is 14.8 Å². The van der Waals surface area contributed by atoms with Gasteiger partial charge in [-0.15, -0.1) is 0 Å². The average molecular weight is 375 g/mol. The Labute approximate surface area is 151 Å². The van der Waals surface area contributed by atoms with Gasteiger partial charge in [0.25, 0.3) is 5.91 Å². The number of ether oxygens (including phenoxy) is 2. The number of alkyl carbamates (subject to hydrolysis) is 1. The molecule has 1 aliphatic rings. The lowest BCUT2D eigenvalue weighted by molar-refractivity contribution is -0.148. The molecule has 2 N–H and O–H groups in total. The van der Waals surface area contributed by atoms with Gasteiger partial charge in [-0.25, -0.2) is 14.0 Å². The maximum Gasteiger partial charge on any atom is 0.407 e. The van der Waals surface area contributed by atoms with Crippen molar-refractivity contribution in [1.29, 1.82) is 0 Å². The lowest BCUT2D eigenvalue weighted by Crippen LogP contribution is -2.56. The first kappa shape index (κ1) is 21.7. The van der Waals surface area contributed by atoms with Crippen molar-refractivity contribution in [1.82, 2.24) is 15.5 Å². The molecule has 26 heavy (non-hydrogen) atoms. The fourth-order valence-corrected chi connectivity index (χ4v) is 2.03. The minimum atomic E-state index is -1.83. The van der Waals surface area contributed by atoms with Crippen LogP contribution in [0.2, 0.25) is 0 Å². The molecule has 0 aromatic rings. The molecule has 0 aliphatic carbocycles. The highest BCUT2D eigenvalue weighted by molar-refractivity contribution is 5.99. The van der Waals surface area contributed by atoms with E-state index in [9.17, 15) is 23.6 Å². The van der Waals surface area contributed by atoms with E-state index < -0.39 is 49.0 Å². The topological polar surface area (TPSA) is 114 Å². The first-order valence-electron chi connectivity index (χ1n) is 8.45. The van der Waals surface area contributed by atoms with Crippen LogP contribution in [-0.2, 0) is 19.1 Å². The average Bonchev–Trinajstić information content (AvgIpc) is 2.51. The summed E-state index contributed by atoms with van der Waals surface area (Å²) in [7, 11) is 0. The van der Waals surface area contributed by atoms with Crippen LogP contribution in [0.4, 0.5) is 14.0 Å². The Balaban J connectivity index is 2.08. The molecule has 10 heteroatoms. The summed E-state index contributed by atoms with van der Waals surface area (Å²) in [4.78, 5) is 46.3. The zero-order valence-corrected chi connectivity index (χ0v) is 15.3. The third-order valence-corrected chi connectivity index (χ3v) is 3.29. The highest BCUT2D eigenvalue weighted by Crippen LogP contribution is 2.08. The number of rotatable bonds is 8. The van der Waals surface area contributed by atoms with Crippen molar-refractivity contribution in [3.63, 3.8) is 0 Å². The Hall–Kier alpha value is -2.39. The van der Waals surface area contributed by atoms with Gasteiger partial charge in [-0.3, -0.25) is 19.8 Å². The number of nitrogens with zero attached hydrogens (tertiary/aromatic N) is 1. The third-order valence-electron chi connectivity index (χ3n) is 3.29. The number of carbonyl (C=O) groups excluding carboxylic acids is 4. The van der Waals surface area contributed by atoms with Crippen molar-refractivity contribution >= 4 is 24.0 Å². The molecule has 0 aromatic carbocycles. The number of amides is 4. The Morgan fingerprint density at radius 3 is 2.62 bits per heavy atom. The summed E-state index contributed by atoms with van der Waals surface area (Å²) in [6.07, 6.45) is -0.265. The van der Waals surface area contributed by atoms with Crippen LogP contribution in [0.3, 0.4) is 0 Å². The van der Waals surface area contributed by atoms with Crippen LogP contribution in [0.1, 0.15) is 46.5 Å². The number of hydrogen-bond donors (Lipinski definition) is 2. The van der Waals surface area contributed by atoms with Crippen LogP contribution in [0.5, 0.6) is 0 Å². The summed E-state index contributed by atoms with van der Waals surface area (Å²) in [5.74, 6) is -1.51. The van der Waals surface area contributed by atoms with Gasteiger partial charge in [0.05, 0.1) is 6.54 Å². The van der Waals surface area contributed by atoms with E-state index in [4.69, 9.17) is 9.47 Å².